The van der Waals surface area contributed by atoms with E-state index in [4.69, 9.17) is 4.74 Å². The van der Waals surface area contributed by atoms with Gasteiger partial charge >= 0.3 is 6.03 Å². The smallest absolute Gasteiger partial charge is 0.321 e. The van der Waals surface area contributed by atoms with E-state index in [0.717, 1.165) is 32.6 Å². The highest BCUT2D eigenvalue weighted by atomic mass is 16.5. The van der Waals surface area contributed by atoms with E-state index in [1.165, 1.54) is 0 Å². The van der Waals surface area contributed by atoms with Crippen molar-refractivity contribution in [3.05, 3.63) is 0 Å². The molecule has 0 aromatic heterocycles. The molecule has 1 heterocycles. The molecule has 0 aromatic rings. The van der Waals surface area contributed by atoms with Gasteiger partial charge in [0.1, 0.15) is 0 Å². The minimum Gasteiger partial charge on any atom is -0.381 e. The van der Waals surface area contributed by atoms with Crippen molar-refractivity contribution >= 4 is 11.9 Å². The molecule has 6 nitrogen and oxygen atoms in total. The number of hydrogen-bond acceptors (Lipinski definition) is 4. The number of carbonyl (C=O) groups is 2. The van der Waals surface area contributed by atoms with Crippen LogP contribution in [0.15, 0.2) is 0 Å². The SMILES string of the molecule is CCNC(=O)NC(=O)C(C)NCC1CCOCC1. The van der Waals surface area contributed by atoms with Gasteiger partial charge in [-0.1, -0.05) is 0 Å². The van der Waals surface area contributed by atoms with Gasteiger partial charge in [-0.2, -0.15) is 0 Å². The topological polar surface area (TPSA) is 79.5 Å². The number of ether oxygens (including phenoxy) is 1. The summed E-state index contributed by atoms with van der Waals surface area (Å²) in [6.45, 7) is 6.44. The van der Waals surface area contributed by atoms with Gasteiger partial charge in [0.05, 0.1) is 6.04 Å². The summed E-state index contributed by atoms with van der Waals surface area (Å²) in [5, 5.41) is 7.97. The van der Waals surface area contributed by atoms with E-state index in [0.29, 0.717) is 12.5 Å². The van der Waals surface area contributed by atoms with Crippen LogP contribution in [0.5, 0.6) is 0 Å². The molecule has 0 radical (unpaired) electrons. The van der Waals surface area contributed by atoms with Crippen LogP contribution in [0.1, 0.15) is 26.7 Å². The lowest BCUT2D eigenvalue weighted by Gasteiger charge is -2.23. The zero-order valence-electron chi connectivity index (χ0n) is 11.1. The molecular weight excluding hydrogens is 234 g/mol. The fraction of sp³-hybridized carbons (Fsp3) is 0.833. The van der Waals surface area contributed by atoms with Gasteiger partial charge in [-0.15, -0.1) is 0 Å². The standard InChI is InChI=1S/C12H23N3O3/c1-3-13-12(17)15-11(16)9(2)14-8-10-4-6-18-7-5-10/h9-10,14H,3-8H2,1-2H3,(H2,13,15,16,17). The molecule has 0 aliphatic carbocycles. The average Bonchev–Trinajstić information content (AvgIpc) is 2.37. The molecule has 1 fully saturated rings. The van der Waals surface area contributed by atoms with Crippen molar-refractivity contribution in [1.82, 2.24) is 16.0 Å². The minimum atomic E-state index is -0.442. The predicted octanol–water partition coefficient (Wildman–Crippen LogP) is 0.237. The first kappa shape index (κ1) is 14.9. The Balaban J connectivity index is 2.20. The van der Waals surface area contributed by atoms with Crippen LogP contribution in [0, 0.1) is 5.92 Å². The average molecular weight is 257 g/mol. The highest BCUT2D eigenvalue weighted by Gasteiger charge is 2.18. The van der Waals surface area contributed by atoms with E-state index >= 15 is 0 Å². The number of carbonyl (C=O) groups excluding carboxylic acids is 2. The summed E-state index contributed by atoms with van der Waals surface area (Å²) < 4.78 is 5.27. The van der Waals surface area contributed by atoms with Crippen LogP contribution in [0.2, 0.25) is 0 Å². The monoisotopic (exact) mass is 257 g/mol. The van der Waals surface area contributed by atoms with Crippen LogP contribution in [-0.4, -0.2) is 44.3 Å². The molecule has 0 bridgehead atoms. The van der Waals surface area contributed by atoms with Gasteiger partial charge in [0.2, 0.25) is 5.91 Å². The quantitative estimate of drug-likeness (QED) is 0.659. The van der Waals surface area contributed by atoms with Crippen molar-refractivity contribution in [3.63, 3.8) is 0 Å². The first-order valence-corrected chi connectivity index (χ1v) is 6.53. The van der Waals surface area contributed by atoms with Crippen molar-refractivity contribution in [3.8, 4) is 0 Å². The number of rotatable bonds is 5. The Morgan fingerprint density at radius 3 is 2.61 bits per heavy atom. The van der Waals surface area contributed by atoms with E-state index < -0.39 is 6.03 Å². The van der Waals surface area contributed by atoms with Crippen molar-refractivity contribution in [2.24, 2.45) is 5.92 Å². The second-order valence-electron chi connectivity index (χ2n) is 4.53. The minimum absolute atomic E-state index is 0.298. The second-order valence-corrected chi connectivity index (χ2v) is 4.53. The number of urea groups is 1. The number of imide groups is 1. The zero-order valence-corrected chi connectivity index (χ0v) is 11.1. The second kappa shape index (κ2) is 8.05. The predicted molar refractivity (Wildman–Crippen MR) is 68.2 cm³/mol. The van der Waals surface area contributed by atoms with Crippen LogP contribution in [0.3, 0.4) is 0 Å². The Kier molecular flexibility index (Phi) is 6.67. The summed E-state index contributed by atoms with van der Waals surface area (Å²) in [7, 11) is 0. The third-order valence-corrected chi connectivity index (χ3v) is 3.02. The Hall–Kier alpha value is -1.14. The Morgan fingerprint density at radius 2 is 2.00 bits per heavy atom. The van der Waals surface area contributed by atoms with Gasteiger partial charge in [0.25, 0.3) is 0 Å². The van der Waals surface area contributed by atoms with E-state index in [2.05, 4.69) is 16.0 Å². The molecule has 3 N–H and O–H groups in total. The Morgan fingerprint density at radius 1 is 1.33 bits per heavy atom. The summed E-state index contributed by atoms with van der Waals surface area (Å²) in [5.41, 5.74) is 0. The third kappa shape index (κ3) is 5.46. The summed E-state index contributed by atoms with van der Waals surface area (Å²) in [5.74, 6) is 0.256. The van der Waals surface area contributed by atoms with Crippen LogP contribution in [0.4, 0.5) is 4.79 Å². The maximum atomic E-state index is 11.6. The molecule has 1 rings (SSSR count). The van der Waals surface area contributed by atoms with Gasteiger partial charge in [-0.25, -0.2) is 4.79 Å². The van der Waals surface area contributed by atoms with E-state index in [1.807, 2.05) is 0 Å². The van der Waals surface area contributed by atoms with Gasteiger partial charge in [-0.05, 0) is 39.2 Å². The molecular formula is C12H23N3O3. The van der Waals surface area contributed by atoms with Gasteiger partial charge in [0, 0.05) is 19.8 Å². The summed E-state index contributed by atoms with van der Waals surface area (Å²) in [6, 6.07) is -0.808. The fourth-order valence-corrected chi connectivity index (χ4v) is 1.81. The van der Waals surface area contributed by atoms with Gasteiger partial charge < -0.3 is 15.4 Å². The largest absolute Gasteiger partial charge is 0.381 e. The molecule has 0 saturated carbocycles. The molecule has 18 heavy (non-hydrogen) atoms. The van der Waals surface area contributed by atoms with E-state index in [-0.39, 0.29) is 11.9 Å². The number of hydrogen-bond donors (Lipinski definition) is 3. The van der Waals surface area contributed by atoms with Gasteiger partial charge in [-0.3, -0.25) is 10.1 Å². The van der Waals surface area contributed by atoms with Crippen LogP contribution in [0.25, 0.3) is 0 Å². The summed E-state index contributed by atoms with van der Waals surface area (Å²) in [4.78, 5) is 22.8. The van der Waals surface area contributed by atoms with Gasteiger partial charge in [0.15, 0.2) is 0 Å². The highest BCUT2D eigenvalue weighted by molar-refractivity contribution is 5.96. The van der Waals surface area contributed by atoms with Crippen LogP contribution < -0.4 is 16.0 Å². The molecule has 1 aliphatic heterocycles. The van der Waals surface area contributed by atoms with Crippen LogP contribution in [-0.2, 0) is 9.53 Å². The van der Waals surface area contributed by atoms with Crippen molar-refractivity contribution in [1.29, 1.82) is 0 Å². The maximum Gasteiger partial charge on any atom is 0.321 e. The number of amides is 3. The summed E-state index contributed by atoms with van der Waals surface area (Å²) in [6.07, 6.45) is 2.05. The normalized spacial score (nSPS) is 18.1. The molecule has 0 spiro atoms. The van der Waals surface area contributed by atoms with Crippen molar-refractivity contribution in [2.75, 3.05) is 26.3 Å². The molecule has 104 valence electrons. The first-order valence-electron chi connectivity index (χ1n) is 6.53. The van der Waals surface area contributed by atoms with E-state index in [1.54, 1.807) is 13.8 Å². The Bertz CT molecular complexity index is 278. The molecule has 1 aliphatic rings. The first-order chi connectivity index (χ1) is 8.63. The third-order valence-electron chi connectivity index (χ3n) is 3.02. The Labute approximate surface area is 108 Å². The lowest BCUT2D eigenvalue weighted by molar-refractivity contribution is -0.121. The lowest BCUT2D eigenvalue weighted by Crippen LogP contribution is -2.49. The molecule has 1 atom stereocenters. The number of nitrogens with one attached hydrogen (secondary N) is 3. The molecule has 6 heteroatoms. The van der Waals surface area contributed by atoms with Crippen LogP contribution >= 0.6 is 0 Å². The lowest BCUT2D eigenvalue weighted by atomic mass is 10.0. The van der Waals surface area contributed by atoms with Crippen molar-refractivity contribution in [2.45, 2.75) is 32.7 Å². The van der Waals surface area contributed by atoms with Crippen molar-refractivity contribution < 1.29 is 14.3 Å². The highest BCUT2D eigenvalue weighted by Crippen LogP contribution is 2.13. The zero-order chi connectivity index (χ0) is 13.4. The molecule has 0 aromatic carbocycles. The summed E-state index contributed by atoms with van der Waals surface area (Å²) >= 11 is 0. The molecule has 3 amide bonds. The molecule has 1 unspecified atom stereocenters. The maximum absolute atomic E-state index is 11.6. The molecule has 1 saturated heterocycles. The van der Waals surface area contributed by atoms with E-state index in [9.17, 15) is 9.59 Å². The fourth-order valence-electron chi connectivity index (χ4n) is 1.81.